The van der Waals surface area contributed by atoms with Gasteiger partial charge in [-0.3, -0.25) is 4.79 Å². The predicted octanol–water partition coefficient (Wildman–Crippen LogP) is 4.75. The number of nitrogens with one attached hydrogen (secondary N) is 1. The first-order chi connectivity index (χ1) is 15.9. The number of nitrogens with zero attached hydrogens (tertiary/aromatic N) is 3. The summed E-state index contributed by atoms with van der Waals surface area (Å²) in [5.41, 5.74) is 2.98. The molecular weight excluding hydrogens is 433 g/mol. The standard InChI is InChI=1S/C24H23F3N4O2/c1-33-20-9-5-4-8-17(20)19-12-21(24(25,26)27)31-22(29-19)18(13-28-31)23(32)30-11-10-15-6-2-3-7-16(15)14-30/h2-9,13,19,21,29H,10-12,14H2,1H3/t19-,21-/m0/s1. The Balaban J connectivity index is 1.50. The smallest absolute Gasteiger partial charge is 0.410 e. The molecule has 0 radical (unpaired) electrons. The molecular formula is C24H23F3N4O2. The molecule has 0 fully saturated rings. The zero-order valence-electron chi connectivity index (χ0n) is 18.0. The summed E-state index contributed by atoms with van der Waals surface area (Å²) >= 11 is 0. The average Bonchev–Trinajstić information content (AvgIpc) is 3.25. The first-order valence-electron chi connectivity index (χ1n) is 10.8. The van der Waals surface area contributed by atoms with E-state index in [2.05, 4.69) is 10.4 Å². The van der Waals surface area contributed by atoms with Crippen molar-refractivity contribution in [2.45, 2.75) is 37.6 Å². The van der Waals surface area contributed by atoms with Gasteiger partial charge in [-0.2, -0.15) is 18.3 Å². The maximum atomic E-state index is 14.0. The van der Waals surface area contributed by atoms with Gasteiger partial charge >= 0.3 is 6.18 Å². The summed E-state index contributed by atoms with van der Waals surface area (Å²) in [4.78, 5) is 15.1. The number of carbonyl (C=O) groups excluding carboxylic acids is 1. The highest BCUT2D eigenvalue weighted by Crippen LogP contribution is 2.46. The molecule has 172 valence electrons. The van der Waals surface area contributed by atoms with Crippen LogP contribution in [0.25, 0.3) is 0 Å². The van der Waals surface area contributed by atoms with Crippen LogP contribution in [0.2, 0.25) is 0 Å². The molecule has 0 saturated heterocycles. The van der Waals surface area contributed by atoms with Gasteiger partial charge in [-0.25, -0.2) is 4.68 Å². The average molecular weight is 456 g/mol. The molecule has 3 aromatic rings. The number of hydrogen-bond donors (Lipinski definition) is 1. The van der Waals surface area contributed by atoms with Crippen molar-refractivity contribution < 1.29 is 22.7 Å². The summed E-state index contributed by atoms with van der Waals surface area (Å²) in [6, 6.07) is 12.3. The molecule has 0 unspecified atom stereocenters. The molecule has 0 aliphatic carbocycles. The molecule has 2 aliphatic heterocycles. The Morgan fingerprint density at radius 3 is 2.61 bits per heavy atom. The molecule has 2 aromatic carbocycles. The first kappa shape index (κ1) is 21.4. The van der Waals surface area contributed by atoms with Crippen LogP contribution in [0.4, 0.5) is 19.0 Å². The number of rotatable bonds is 3. The van der Waals surface area contributed by atoms with Crippen LogP contribution >= 0.6 is 0 Å². The lowest BCUT2D eigenvalue weighted by Gasteiger charge is -2.35. The molecule has 2 atom stereocenters. The van der Waals surface area contributed by atoms with Gasteiger partial charge < -0.3 is 15.0 Å². The number of aromatic nitrogens is 2. The van der Waals surface area contributed by atoms with Crippen LogP contribution in [-0.4, -0.2) is 40.4 Å². The summed E-state index contributed by atoms with van der Waals surface area (Å²) < 4.78 is 48.3. The molecule has 0 saturated carbocycles. The Bertz CT molecular complexity index is 1190. The highest BCUT2D eigenvalue weighted by molar-refractivity contribution is 5.99. The van der Waals surface area contributed by atoms with Crippen LogP contribution < -0.4 is 10.1 Å². The van der Waals surface area contributed by atoms with Crippen molar-refractivity contribution in [3.63, 3.8) is 0 Å². The maximum absolute atomic E-state index is 14.0. The molecule has 6 nitrogen and oxygen atoms in total. The third-order valence-corrected chi connectivity index (χ3v) is 6.40. The number of fused-ring (bicyclic) bond motifs is 2. The second-order valence-electron chi connectivity index (χ2n) is 8.33. The number of carbonyl (C=O) groups is 1. The van der Waals surface area contributed by atoms with Crippen LogP contribution in [0.1, 0.15) is 45.6 Å². The van der Waals surface area contributed by atoms with Crippen molar-refractivity contribution >= 4 is 11.7 Å². The summed E-state index contributed by atoms with van der Waals surface area (Å²) in [6.07, 6.45) is -2.83. The Kier molecular flexibility index (Phi) is 5.26. The molecule has 5 rings (SSSR count). The van der Waals surface area contributed by atoms with Gasteiger partial charge in [0.1, 0.15) is 17.1 Å². The number of benzene rings is 2. The summed E-state index contributed by atoms with van der Waals surface area (Å²) in [6.45, 7) is 0.914. The van der Waals surface area contributed by atoms with Crippen molar-refractivity contribution in [2.75, 3.05) is 19.0 Å². The van der Waals surface area contributed by atoms with E-state index in [1.165, 1.54) is 18.9 Å². The number of anilines is 1. The van der Waals surface area contributed by atoms with Gasteiger partial charge in [0.15, 0.2) is 6.04 Å². The Labute approximate surface area is 189 Å². The number of ether oxygens (including phenoxy) is 1. The number of halogens is 3. The van der Waals surface area contributed by atoms with Crippen LogP contribution in [0.3, 0.4) is 0 Å². The Morgan fingerprint density at radius 1 is 1.12 bits per heavy atom. The fourth-order valence-corrected chi connectivity index (χ4v) is 4.72. The number of amides is 1. The number of methoxy groups -OCH3 is 1. The van der Waals surface area contributed by atoms with Crippen molar-refractivity contribution in [2.24, 2.45) is 0 Å². The van der Waals surface area contributed by atoms with E-state index >= 15 is 0 Å². The second-order valence-corrected chi connectivity index (χ2v) is 8.33. The van der Waals surface area contributed by atoms with E-state index in [0.717, 1.165) is 10.2 Å². The Hall–Kier alpha value is -3.49. The lowest BCUT2D eigenvalue weighted by molar-refractivity contribution is -0.173. The van der Waals surface area contributed by atoms with E-state index in [4.69, 9.17) is 4.74 Å². The number of alkyl halides is 3. The van der Waals surface area contributed by atoms with E-state index in [1.54, 1.807) is 29.2 Å². The van der Waals surface area contributed by atoms with Gasteiger partial charge in [0, 0.05) is 25.1 Å². The van der Waals surface area contributed by atoms with E-state index in [9.17, 15) is 18.0 Å². The minimum atomic E-state index is -4.52. The summed E-state index contributed by atoms with van der Waals surface area (Å²) in [5, 5.41) is 7.14. The van der Waals surface area contributed by atoms with Gasteiger partial charge in [0.2, 0.25) is 0 Å². The third kappa shape index (κ3) is 3.81. The molecule has 3 heterocycles. The van der Waals surface area contributed by atoms with Crippen LogP contribution in [0.15, 0.2) is 54.7 Å². The zero-order chi connectivity index (χ0) is 23.2. The van der Waals surface area contributed by atoms with Crippen LogP contribution in [-0.2, 0) is 13.0 Å². The van der Waals surface area contributed by atoms with Crippen molar-refractivity contribution in [1.82, 2.24) is 14.7 Å². The molecule has 2 aliphatic rings. The maximum Gasteiger partial charge on any atom is 0.410 e. The van der Waals surface area contributed by atoms with Gasteiger partial charge in [0.05, 0.1) is 19.3 Å². The minimum absolute atomic E-state index is 0.0864. The summed E-state index contributed by atoms with van der Waals surface area (Å²) in [7, 11) is 1.48. The minimum Gasteiger partial charge on any atom is -0.496 e. The highest BCUT2D eigenvalue weighted by Gasteiger charge is 2.48. The monoisotopic (exact) mass is 456 g/mol. The number of hydrogen-bond acceptors (Lipinski definition) is 4. The molecule has 1 N–H and O–H groups in total. The topological polar surface area (TPSA) is 59.4 Å². The lowest BCUT2D eigenvalue weighted by atomic mass is 9.95. The van der Waals surface area contributed by atoms with Crippen LogP contribution in [0, 0.1) is 0 Å². The second kappa shape index (κ2) is 8.13. The van der Waals surface area contributed by atoms with Gasteiger partial charge in [-0.05, 0) is 23.6 Å². The molecule has 1 aromatic heterocycles. The quantitative estimate of drug-likeness (QED) is 0.618. The van der Waals surface area contributed by atoms with Crippen molar-refractivity contribution in [3.8, 4) is 5.75 Å². The van der Waals surface area contributed by atoms with Crippen molar-refractivity contribution in [1.29, 1.82) is 0 Å². The van der Waals surface area contributed by atoms with Gasteiger partial charge in [-0.1, -0.05) is 42.5 Å². The molecule has 0 bridgehead atoms. The Morgan fingerprint density at radius 2 is 1.85 bits per heavy atom. The van der Waals surface area contributed by atoms with Crippen molar-refractivity contribution in [3.05, 3.63) is 77.0 Å². The zero-order valence-corrected chi connectivity index (χ0v) is 18.0. The molecule has 0 spiro atoms. The van der Waals surface area contributed by atoms with E-state index in [-0.39, 0.29) is 23.7 Å². The predicted molar refractivity (Wildman–Crippen MR) is 116 cm³/mol. The van der Waals surface area contributed by atoms with Gasteiger partial charge in [0.25, 0.3) is 5.91 Å². The lowest BCUT2D eigenvalue weighted by Crippen LogP contribution is -2.38. The normalized spacial score (nSPS) is 19.9. The molecule has 9 heteroatoms. The largest absolute Gasteiger partial charge is 0.496 e. The van der Waals surface area contributed by atoms with E-state index in [1.807, 2.05) is 24.3 Å². The molecule has 33 heavy (non-hydrogen) atoms. The van der Waals surface area contributed by atoms with Crippen LogP contribution in [0.5, 0.6) is 5.75 Å². The SMILES string of the molecule is COc1ccccc1[C@@H]1C[C@@H](C(F)(F)F)n2ncc(C(=O)N3CCc4ccccc4C3)c2N1. The highest BCUT2D eigenvalue weighted by atomic mass is 19.4. The third-order valence-electron chi connectivity index (χ3n) is 6.40. The van der Waals surface area contributed by atoms with Gasteiger partial charge in [-0.15, -0.1) is 0 Å². The first-order valence-corrected chi connectivity index (χ1v) is 10.8. The molecule has 1 amide bonds. The fourth-order valence-electron chi connectivity index (χ4n) is 4.72. The fraction of sp³-hybridized carbons (Fsp3) is 0.333. The van der Waals surface area contributed by atoms with E-state index in [0.29, 0.717) is 30.8 Å². The van der Waals surface area contributed by atoms with E-state index < -0.39 is 18.3 Å². The number of para-hydroxylation sites is 1. The summed E-state index contributed by atoms with van der Waals surface area (Å²) in [5.74, 6) is 0.243.